The normalized spacial score (nSPS) is 15.3. The van der Waals surface area contributed by atoms with Gasteiger partial charge in [0.1, 0.15) is 17.5 Å². The highest BCUT2D eigenvalue weighted by Crippen LogP contribution is 2.41. The van der Waals surface area contributed by atoms with Crippen molar-refractivity contribution in [3.8, 4) is 11.5 Å². The average Bonchev–Trinajstić information content (AvgIpc) is 3.46. The van der Waals surface area contributed by atoms with Crippen LogP contribution in [0.5, 0.6) is 11.5 Å². The number of rotatable bonds is 5. The molecular formula is C24H22N4O3S. The fourth-order valence-electron chi connectivity index (χ4n) is 4.07. The Hall–Kier alpha value is -3.78. The standard InChI is InChI=1S/C24H22N4O3S/c1-14-21(23(29)26-17-11-10-15(30-2)13-19(17)31-3)22(20-9-6-12-32-20)28-18-8-5-4-7-16(18)27-24(28)25-14/h4-13,22H,1-3H3,(H,25,27)(H,26,29). The first kappa shape index (κ1) is 20.1. The van der Waals surface area contributed by atoms with Gasteiger partial charge in [0.05, 0.1) is 36.5 Å². The summed E-state index contributed by atoms with van der Waals surface area (Å²) in [5, 5.41) is 8.38. The summed E-state index contributed by atoms with van der Waals surface area (Å²) in [5.74, 6) is 1.70. The molecule has 0 bridgehead atoms. The molecule has 1 aliphatic heterocycles. The molecule has 4 aromatic rings. The van der Waals surface area contributed by atoms with Gasteiger partial charge in [0.15, 0.2) is 0 Å². The number of carbonyl (C=O) groups is 1. The highest BCUT2D eigenvalue weighted by molar-refractivity contribution is 7.10. The zero-order valence-corrected chi connectivity index (χ0v) is 18.7. The number of methoxy groups -OCH3 is 2. The number of anilines is 2. The number of allylic oxidation sites excluding steroid dienone is 1. The van der Waals surface area contributed by atoms with Crippen LogP contribution in [-0.2, 0) is 4.79 Å². The van der Waals surface area contributed by atoms with Crippen molar-refractivity contribution >= 4 is 39.9 Å². The van der Waals surface area contributed by atoms with Crippen LogP contribution in [0, 0.1) is 0 Å². The number of ether oxygens (including phenoxy) is 2. The Bertz CT molecular complexity index is 1340. The number of hydrogen-bond acceptors (Lipinski definition) is 6. The van der Waals surface area contributed by atoms with Crippen LogP contribution in [0.2, 0.25) is 0 Å². The molecule has 2 aromatic heterocycles. The molecule has 0 saturated heterocycles. The van der Waals surface area contributed by atoms with Gasteiger partial charge in [-0.15, -0.1) is 11.3 Å². The second kappa shape index (κ2) is 8.05. The van der Waals surface area contributed by atoms with Crippen LogP contribution in [0.4, 0.5) is 11.6 Å². The molecule has 0 spiro atoms. The van der Waals surface area contributed by atoms with Gasteiger partial charge in [-0.05, 0) is 42.6 Å². The van der Waals surface area contributed by atoms with E-state index in [9.17, 15) is 4.79 Å². The minimum absolute atomic E-state index is 0.208. The van der Waals surface area contributed by atoms with Crippen LogP contribution in [-0.4, -0.2) is 29.7 Å². The lowest BCUT2D eigenvalue weighted by molar-refractivity contribution is -0.113. The third-order valence-corrected chi connectivity index (χ3v) is 6.47. The van der Waals surface area contributed by atoms with E-state index >= 15 is 0 Å². The molecule has 2 aromatic carbocycles. The third kappa shape index (κ3) is 3.29. The Morgan fingerprint density at radius 1 is 1.12 bits per heavy atom. The fraction of sp³-hybridized carbons (Fsp3) is 0.167. The van der Waals surface area contributed by atoms with Crippen molar-refractivity contribution in [1.82, 2.24) is 9.55 Å². The number of nitrogens with one attached hydrogen (secondary N) is 2. The SMILES string of the molecule is COc1ccc(NC(=O)C2=C(C)Nc3nc4ccccc4n3C2c2cccs2)c(OC)c1. The predicted molar refractivity (Wildman–Crippen MR) is 127 cm³/mol. The van der Waals surface area contributed by atoms with E-state index in [-0.39, 0.29) is 11.9 Å². The first-order chi connectivity index (χ1) is 15.6. The number of para-hydroxylation sites is 2. The van der Waals surface area contributed by atoms with Gasteiger partial charge in [-0.1, -0.05) is 18.2 Å². The molecule has 1 unspecified atom stereocenters. The first-order valence-corrected chi connectivity index (χ1v) is 11.0. The van der Waals surface area contributed by atoms with Crippen LogP contribution in [0.15, 0.2) is 71.2 Å². The lowest BCUT2D eigenvalue weighted by Crippen LogP contribution is -2.30. The number of carbonyl (C=O) groups excluding carboxylic acids is 1. The van der Waals surface area contributed by atoms with Crippen molar-refractivity contribution in [1.29, 1.82) is 0 Å². The summed E-state index contributed by atoms with van der Waals surface area (Å²) in [5.41, 5.74) is 3.80. The summed E-state index contributed by atoms with van der Waals surface area (Å²) in [7, 11) is 3.16. The van der Waals surface area contributed by atoms with E-state index in [0.717, 1.165) is 27.6 Å². The Morgan fingerprint density at radius 3 is 2.72 bits per heavy atom. The van der Waals surface area contributed by atoms with E-state index in [0.29, 0.717) is 22.8 Å². The molecule has 5 rings (SSSR count). The smallest absolute Gasteiger partial charge is 0.255 e. The molecule has 32 heavy (non-hydrogen) atoms. The summed E-state index contributed by atoms with van der Waals surface area (Å²) >= 11 is 1.62. The molecule has 1 aliphatic rings. The molecular weight excluding hydrogens is 424 g/mol. The van der Waals surface area contributed by atoms with Crippen LogP contribution in [0.3, 0.4) is 0 Å². The lowest BCUT2D eigenvalue weighted by Gasteiger charge is -2.30. The topological polar surface area (TPSA) is 77.4 Å². The lowest BCUT2D eigenvalue weighted by atomic mass is 9.99. The van der Waals surface area contributed by atoms with Crippen molar-refractivity contribution in [3.63, 3.8) is 0 Å². The van der Waals surface area contributed by atoms with E-state index in [2.05, 4.69) is 15.2 Å². The molecule has 3 heterocycles. The van der Waals surface area contributed by atoms with Crippen molar-refractivity contribution < 1.29 is 14.3 Å². The van der Waals surface area contributed by atoms with Gasteiger partial charge in [-0.2, -0.15) is 0 Å². The quantitative estimate of drug-likeness (QED) is 0.449. The van der Waals surface area contributed by atoms with Crippen molar-refractivity contribution in [2.45, 2.75) is 13.0 Å². The molecule has 1 amide bonds. The predicted octanol–water partition coefficient (Wildman–Crippen LogP) is 5.04. The Kier molecular flexibility index (Phi) is 5.07. The molecule has 8 heteroatoms. The Balaban J connectivity index is 1.60. The van der Waals surface area contributed by atoms with Gasteiger partial charge in [0, 0.05) is 16.6 Å². The number of aromatic nitrogens is 2. The summed E-state index contributed by atoms with van der Waals surface area (Å²) in [6.07, 6.45) is 0. The number of fused-ring (bicyclic) bond motifs is 3. The summed E-state index contributed by atoms with van der Waals surface area (Å²) in [6, 6.07) is 17.0. The Labute approximate surface area is 189 Å². The highest BCUT2D eigenvalue weighted by atomic mass is 32.1. The minimum atomic E-state index is -0.303. The van der Waals surface area contributed by atoms with Gasteiger partial charge < -0.3 is 20.1 Å². The number of hydrogen-bond donors (Lipinski definition) is 2. The maximum Gasteiger partial charge on any atom is 0.255 e. The van der Waals surface area contributed by atoms with Gasteiger partial charge in [-0.25, -0.2) is 4.98 Å². The van der Waals surface area contributed by atoms with Gasteiger partial charge in [0.2, 0.25) is 5.95 Å². The van der Waals surface area contributed by atoms with Crippen molar-refractivity contribution in [3.05, 3.63) is 76.1 Å². The molecule has 2 N–H and O–H groups in total. The minimum Gasteiger partial charge on any atom is -0.497 e. The summed E-state index contributed by atoms with van der Waals surface area (Å²) in [6.45, 7) is 1.91. The zero-order valence-electron chi connectivity index (χ0n) is 17.9. The van der Waals surface area contributed by atoms with Crippen LogP contribution in [0.1, 0.15) is 17.8 Å². The molecule has 0 fully saturated rings. The average molecular weight is 447 g/mol. The molecule has 0 radical (unpaired) electrons. The zero-order chi connectivity index (χ0) is 22.2. The van der Waals surface area contributed by atoms with Gasteiger partial charge in [0.25, 0.3) is 5.91 Å². The number of imidazole rings is 1. The number of nitrogens with zero attached hydrogens (tertiary/aromatic N) is 2. The van der Waals surface area contributed by atoms with Crippen molar-refractivity contribution in [2.24, 2.45) is 0 Å². The second-order valence-corrected chi connectivity index (χ2v) is 8.38. The van der Waals surface area contributed by atoms with Gasteiger partial charge >= 0.3 is 0 Å². The van der Waals surface area contributed by atoms with E-state index in [1.807, 2.05) is 48.7 Å². The number of thiophene rings is 1. The molecule has 162 valence electrons. The molecule has 7 nitrogen and oxygen atoms in total. The number of benzene rings is 2. The first-order valence-electron chi connectivity index (χ1n) is 10.1. The summed E-state index contributed by atoms with van der Waals surface area (Å²) < 4.78 is 12.8. The maximum absolute atomic E-state index is 13.6. The maximum atomic E-state index is 13.6. The number of amides is 1. The highest BCUT2D eigenvalue weighted by Gasteiger charge is 2.34. The second-order valence-electron chi connectivity index (χ2n) is 7.40. The molecule has 0 aliphatic carbocycles. The van der Waals surface area contributed by atoms with E-state index < -0.39 is 0 Å². The third-order valence-electron chi connectivity index (χ3n) is 5.54. The summed E-state index contributed by atoms with van der Waals surface area (Å²) in [4.78, 5) is 19.5. The van der Waals surface area contributed by atoms with Crippen LogP contribution >= 0.6 is 11.3 Å². The monoisotopic (exact) mass is 446 g/mol. The van der Waals surface area contributed by atoms with Gasteiger partial charge in [-0.3, -0.25) is 9.36 Å². The van der Waals surface area contributed by atoms with E-state index in [1.54, 1.807) is 43.8 Å². The van der Waals surface area contributed by atoms with E-state index in [4.69, 9.17) is 14.5 Å². The van der Waals surface area contributed by atoms with Crippen LogP contribution < -0.4 is 20.1 Å². The molecule has 0 saturated carbocycles. The Morgan fingerprint density at radius 2 is 1.97 bits per heavy atom. The molecule has 1 atom stereocenters. The van der Waals surface area contributed by atoms with Crippen LogP contribution in [0.25, 0.3) is 11.0 Å². The largest absolute Gasteiger partial charge is 0.497 e. The van der Waals surface area contributed by atoms with Crippen molar-refractivity contribution in [2.75, 3.05) is 24.9 Å². The van der Waals surface area contributed by atoms with E-state index in [1.165, 1.54) is 0 Å². The fourth-order valence-corrected chi connectivity index (χ4v) is 4.89.